The van der Waals surface area contributed by atoms with E-state index in [2.05, 4.69) is 6.58 Å². The second kappa shape index (κ2) is 9.05. The predicted molar refractivity (Wildman–Crippen MR) is 151 cm³/mol. The van der Waals surface area contributed by atoms with Crippen LogP contribution in [0.25, 0.3) is 33.0 Å². The molecule has 1 unspecified atom stereocenters. The summed E-state index contributed by atoms with van der Waals surface area (Å²) in [4.78, 5) is 12.7. The van der Waals surface area contributed by atoms with Crippen molar-refractivity contribution in [3.05, 3.63) is 115 Å². The first kappa shape index (κ1) is 23.8. The number of benzene rings is 5. The Morgan fingerprint density at radius 3 is 2.26 bits per heavy atom. The maximum atomic E-state index is 14.9. The highest BCUT2D eigenvalue weighted by Gasteiger charge is 2.41. The van der Waals surface area contributed by atoms with Gasteiger partial charge in [0.05, 0.1) is 10.6 Å². The van der Waals surface area contributed by atoms with E-state index >= 15 is 0 Å². The van der Waals surface area contributed by atoms with Crippen LogP contribution in [0, 0.1) is 0 Å². The molecule has 0 amide bonds. The van der Waals surface area contributed by atoms with E-state index in [0.717, 1.165) is 27.5 Å². The molecule has 5 aromatic rings. The average molecular weight is 519 g/mol. The van der Waals surface area contributed by atoms with Crippen molar-refractivity contribution in [2.24, 2.45) is 0 Å². The summed E-state index contributed by atoms with van der Waals surface area (Å²) >= 11 is 0. The number of para-hydroxylation sites is 1. The van der Waals surface area contributed by atoms with Gasteiger partial charge in [0.2, 0.25) is 0 Å². The predicted octanol–water partition coefficient (Wildman–Crippen LogP) is 6.98. The lowest BCUT2D eigenvalue weighted by molar-refractivity contribution is -0.130. The normalized spacial score (nSPS) is 15.7. The van der Waals surface area contributed by atoms with Gasteiger partial charge in [-0.05, 0) is 53.1 Å². The summed E-state index contributed by atoms with van der Waals surface area (Å²) in [5.41, 5.74) is 2.93. The summed E-state index contributed by atoms with van der Waals surface area (Å²) in [6.45, 7) is 5.23. The van der Waals surface area contributed by atoms with Crippen molar-refractivity contribution in [3.8, 4) is 39.5 Å². The van der Waals surface area contributed by atoms with E-state index in [1.165, 1.54) is 6.07 Å². The number of phenolic OH excluding ortho intramolecular Hbond substituents is 1. The van der Waals surface area contributed by atoms with Gasteiger partial charge in [-0.2, -0.15) is 0 Å². The third kappa shape index (κ3) is 3.80. The topological polar surface area (TPSA) is 72.8 Å². The smallest absolute Gasteiger partial charge is 0.338 e. The van der Waals surface area contributed by atoms with Crippen LogP contribution in [0.5, 0.6) is 17.2 Å². The van der Waals surface area contributed by atoms with Gasteiger partial charge in [-0.1, -0.05) is 85.4 Å². The van der Waals surface area contributed by atoms with E-state index in [9.17, 15) is 14.5 Å². The number of esters is 1. The zero-order valence-electron chi connectivity index (χ0n) is 20.5. The Morgan fingerprint density at radius 1 is 0.789 bits per heavy atom. The van der Waals surface area contributed by atoms with Crippen molar-refractivity contribution in [1.29, 1.82) is 0 Å². The second-order valence-corrected chi connectivity index (χ2v) is 11.4. The van der Waals surface area contributed by atoms with E-state index in [1.54, 1.807) is 37.3 Å². The highest BCUT2D eigenvalue weighted by atomic mass is 31.2. The Bertz CT molecular complexity index is 1820. The molecule has 1 heterocycles. The molecule has 0 bridgehead atoms. The Hall–Kier alpha value is -4.60. The van der Waals surface area contributed by atoms with Crippen LogP contribution in [-0.4, -0.2) is 11.1 Å². The first-order valence-corrected chi connectivity index (χ1v) is 13.7. The molecule has 0 fully saturated rings. The molecular weight excluding hydrogens is 495 g/mol. The maximum Gasteiger partial charge on any atom is 0.338 e. The van der Waals surface area contributed by atoms with Gasteiger partial charge in [0.1, 0.15) is 17.2 Å². The van der Waals surface area contributed by atoms with E-state index < -0.39 is 13.3 Å². The van der Waals surface area contributed by atoms with Gasteiger partial charge >= 0.3 is 13.3 Å². The molecule has 38 heavy (non-hydrogen) atoms. The van der Waals surface area contributed by atoms with Crippen LogP contribution in [0.1, 0.15) is 6.92 Å². The van der Waals surface area contributed by atoms with E-state index in [-0.39, 0.29) is 22.4 Å². The van der Waals surface area contributed by atoms with Crippen molar-refractivity contribution < 1.29 is 23.7 Å². The minimum absolute atomic E-state index is 0.0382. The molecule has 0 radical (unpaired) electrons. The maximum absolute atomic E-state index is 14.9. The van der Waals surface area contributed by atoms with Gasteiger partial charge in [0, 0.05) is 16.7 Å². The lowest BCUT2D eigenvalue weighted by atomic mass is 9.97. The second-order valence-electron chi connectivity index (χ2n) is 9.19. The van der Waals surface area contributed by atoms with Crippen LogP contribution in [0.2, 0.25) is 0 Å². The summed E-state index contributed by atoms with van der Waals surface area (Å²) in [5, 5.41) is 13.8. The summed E-state index contributed by atoms with van der Waals surface area (Å²) in [7, 11) is -3.87. The fourth-order valence-electron chi connectivity index (χ4n) is 4.83. The fraction of sp³-hybridized carbons (Fsp3) is 0.0312. The molecule has 1 aliphatic heterocycles. The molecule has 0 aliphatic carbocycles. The first-order valence-electron chi connectivity index (χ1n) is 12.1. The number of hydrogen-bond acceptors (Lipinski definition) is 5. The molecule has 5 aromatic carbocycles. The highest BCUT2D eigenvalue weighted by molar-refractivity contribution is 7.75. The zero-order valence-corrected chi connectivity index (χ0v) is 21.4. The minimum atomic E-state index is -3.87. The first-order chi connectivity index (χ1) is 18.4. The molecule has 6 heteroatoms. The molecule has 5 nitrogen and oxygen atoms in total. The number of hydrogen-bond donors (Lipinski definition) is 1. The Balaban J connectivity index is 1.61. The summed E-state index contributed by atoms with van der Waals surface area (Å²) in [5.74, 6) is -0.291. The van der Waals surface area contributed by atoms with Crippen LogP contribution in [0.3, 0.4) is 0 Å². The van der Waals surface area contributed by atoms with Crippen LogP contribution >= 0.6 is 7.37 Å². The summed E-state index contributed by atoms with van der Waals surface area (Å²) < 4.78 is 26.8. The van der Waals surface area contributed by atoms with Crippen molar-refractivity contribution in [2.75, 3.05) is 0 Å². The van der Waals surface area contributed by atoms with Crippen molar-refractivity contribution in [3.63, 3.8) is 0 Å². The molecule has 1 aliphatic rings. The Morgan fingerprint density at radius 2 is 1.45 bits per heavy atom. The van der Waals surface area contributed by atoms with Crippen LogP contribution in [-0.2, 0) is 9.36 Å². The van der Waals surface area contributed by atoms with Crippen LogP contribution < -0.4 is 19.9 Å². The number of phenols is 1. The molecule has 6 rings (SSSR count). The van der Waals surface area contributed by atoms with Crippen LogP contribution in [0.4, 0.5) is 0 Å². The molecule has 0 saturated heterocycles. The van der Waals surface area contributed by atoms with Crippen LogP contribution in [0.15, 0.2) is 115 Å². The molecule has 1 N–H and O–H groups in total. The summed E-state index contributed by atoms with van der Waals surface area (Å²) in [6, 6.07) is 31.1. The number of fused-ring (bicyclic) bond motifs is 4. The fourth-order valence-corrected chi connectivity index (χ4v) is 7.21. The van der Waals surface area contributed by atoms with E-state index in [0.29, 0.717) is 16.6 Å². The standard InChI is InChI=1S/C32H23O5P/c1-20(2)32(34)36-29-18-26(23-15-9-11-21-10-3-4-12-22(21)23)27(33)19-31(29)38(35)30-17-8-6-14-25(30)24-13-5-7-16-28(24)37-38/h3-19,33H,1H2,2H3. The van der Waals surface area contributed by atoms with Gasteiger partial charge < -0.3 is 14.4 Å². The van der Waals surface area contributed by atoms with Gasteiger partial charge in [0.25, 0.3) is 0 Å². The summed E-state index contributed by atoms with van der Waals surface area (Å²) in [6.07, 6.45) is 0. The van der Waals surface area contributed by atoms with Gasteiger partial charge in [-0.3, -0.25) is 4.57 Å². The quantitative estimate of drug-likeness (QED) is 0.120. The monoisotopic (exact) mass is 518 g/mol. The zero-order chi connectivity index (χ0) is 26.4. The molecule has 1 atom stereocenters. The Labute approximate surface area is 220 Å². The third-order valence-corrected chi connectivity index (χ3v) is 9.11. The van der Waals surface area contributed by atoms with Crippen molar-refractivity contribution in [2.45, 2.75) is 6.92 Å². The molecule has 186 valence electrons. The lowest BCUT2D eigenvalue weighted by Gasteiger charge is -2.30. The molecular formula is C32H23O5P. The average Bonchev–Trinajstić information content (AvgIpc) is 2.93. The number of carbonyl (C=O) groups excluding carboxylic acids is 1. The molecule has 0 aromatic heterocycles. The van der Waals surface area contributed by atoms with Gasteiger partial charge in [-0.25, -0.2) is 4.79 Å². The van der Waals surface area contributed by atoms with Crippen molar-refractivity contribution >= 4 is 34.7 Å². The van der Waals surface area contributed by atoms with Gasteiger partial charge in [-0.15, -0.1) is 0 Å². The molecule has 0 saturated carbocycles. The SMILES string of the molecule is C=C(C)C(=O)Oc1cc(-c2cccc3ccccc23)c(O)cc1P1(=O)Oc2ccccc2-c2ccccc21. The highest BCUT2D eigenvalue weighted by Crippen LogP contribution is 2.56. The number of carbonyl (C=O) groups is 1. The number of ether oxygens (including phenoxy) is 1. The van der Waals surface area contributed by atoms with Crippen molar-refractivity contribution in [1.82, 2.24) is 0 Å². The Kier molecular flexibility index (Phi) is 5.67. The number of rotatable bonds is 4. The van der Waals surface area contributed by atoms with E-state index in [4.69, 9.17) is 9.26 Å². The van der Waals surface area contributed by atoms with E-state index in [1.807, 2.05) is 66.7 Å². The lowest BCUT2D eigenvalue weighted by Crippen LogP contribution is -2.27. The van der Waals surface area contributed by atoms with Gasteiger partial charge in [0.15, 0.2) is 0 Å². The largest absolute Gasteiger partial charge is 0.507 e. The molecule has 0 spiro atoms. The number of aromatic hydroxyl groups is 1. The third-order valence-electron chi connectivity index (χ3n) is 6.65. The minimum Gasteiger partial charge on any atom is -0.507 e.